The molecule has 4 aromatic rings. The number of halogens is 2. The van der Waals surface area contributed by atoms with Gasteiger partial charge in [-0.15, -0.1) is 0 Å². The van der Waals surface area contributed by atoms with Crippen LogP contribution in [-0.4, -0.2) is 20.6 Å². The Bertz CT molecular complexity index is 1410. The van der Waals surface area contributed by atoms with Crippen LogP contribution in [0.5, 0.6) is 11.5 Å². The van der Waals surface area contributed by atoms with Crippen LogP contribution < -0.4 is 16.1 Å². The van der Waals surface area contributed by atoms with Gasteiger partial charge < -0.3 is 14.3 Å². The smallest absolute Gasteiger partial charge is 0.422 e. The zero-order valence-corrected chi connectivity index (χ0v) is 17.1. The zero-order chi connectivity index (χ0) is 22.1. The van der Waals surface area contributed by atoms with Gasteiger partial charge in [-0.2, -0.15) is 0 Å². The monoisotopic (exact) mass is 458 g/mol. The molecule has 0 saturated heterocycles. The molecule has 0 saturated carbocycles. The predicted octanol–water partition coefficient (Wildman–Crippen LogP) is 4.20. The maximum atomic E-state index is 12.3. The molecule has 0 fully saturated rings. The van der Waals surface area contributed by atoms with Crippen molar-refractivity contribution >= 4 is 40.3 Å². The third-order valence-corrected chi connectivity index (χ3v) is 4.71. The van der Waals surface area contributed by atoms with E-state index in [9.17, 15) is 14.4 Å². The minimum atomic E-state index is -1.34. The van der Waals surface area contributed by atoms with Crippen LogP contribution in [0.3, 0.4) is 0 Å². The van der Waals surface area contributed by atoms with Crippen molar-refractivity contribution in [1.82, 2.24) is 9.55 Å². The number of hydrogen-bond donors (Lipinski definition) is 1. The van der Waals surface area contributed by atoms with Gasteiger partial charge >= 0.3 is 11.7 Å². The minimum Gasteiger partial charge on any atom is -0.480 e. The number of rotatable bonds is 5. The Morgan fingerprint density at radius 1 is 1.00 bits per heavy atom. The number of pyridine rings is 1. The second kappa shape index (κ2) is 8.25. The quantitative estimate of drug-likeness (QED) is 0.476. The van der Waals surface area contributed by atoms with Crippen LogP contribution in [0, 0.1) is 0 Å². The van der Waals surface area contributed by atoms with E-state index >= 15 is 0 Å². The fourth-order valence-electron chi connectivity index (χ4n) is 2.91. The normalized spacial score (nSPS) is 10.9. The van der Waals surface area contributed by atoms with Crippen LogP contribution in [0.1, 0.15) is 0 Å². The van der Waals surface area contributed by atoms with Gasteiger partial charge in [-0.3, -0.25) is 9.59 Å². The van der Waals surface area contributed by atoms with E-state index in [1.165, 1.54) is 12.3 Å². The van der Waals surface area contributed by atoms with Crippen molar-refractivity contribution in [3.05, 3.63) is 85.7 Å². The topological polar surface area (TPSA) is 112 Å². The third kappa shape index (κ3) is 4.45. The van der Waals surface area contributed by atoms with Crippen LogP contribution in [0.4, 0.5) is 0 Å². The Labute approximate surface area is 183 Å². The molecule has 1 N–H and O–H groups in total. The van der Waals surface area contributed by atoms with Crippen LogP contribution in [0.2, 0.25) is 10.0 Å². The molecule has 4 rings (SSSR count). The van der Waals surface area contributed by atoms with Crippen LogP contribution >= 0.6 is 23.2 Å². The Morgan fingerprint density at radius 2 is 1.68 bits per heavy atom. The number of aliphatic carboxylic acids is 1. The highest BCUT2D eigenvalue weighted by molar-refractivity contribution is 6.34. The van der Waals surface area contributed by atoms with Gasteiger partial charge in [-0.25, -0.2) is 14.3 Å². The average Bonchev–Trinajstić information content (AvgIpc) is 2.70. The lowest BCUT2D eigenvalue weighted by molar-refractivity contribution is -0.137. The molecule has 0 spiro atoms. The fourth-order valence-corrected chi connectivity index (χ4v) is 3.42. The van der Waals surface area contributed by atoms with Crippen molar-refractivity contribution in [3.8, 4) is 22.6 Å². The SMILES string of the molecule is O=C(O)Cn1c(=O)oc2cc(-c3ccc(Oc4cc(Cl)cc(Cl)c4)cc3)cnc2c1=O. The van der Waals surface area contributed by atoms with E-state index in [0.717, 1.165) is 5.56 Å². The molecule has 2 heterocycles. The van der Waals surface area contributed by atoms with Crippen molar-refractivity contribution in [3.63, 3.8) is 0 Å². The molecule has 31 heavy (non-hydrogen) atoms. The lowest BCUT2D eigenvalue weighted by atomic mass is 10.1. The van der Waals surface area contributed by atoms with E-state index in [4.69, 9.17) is 37.5 Å². The van der Waals surface area contributed by atoms with E-state index in [0.29, 0.717) is 31.7 Å². The van der Waals surface area contributed by atoms with Gasteiger partial charge in [0, 0.05) is 21.8 Å². The Balaban J connectivity index is 1.65. The molecule has 0 unspecified atom stereocenters. The van der Waals surface area contributed by atoms with Gasteiger partial charge in [-0.1, -0.05) is 35.3 Å². The Morgan fingerprint density at radius 3 is 2.32 bits per heavy atom. The summed E-state index contributed by atoms with van der Waals surface area (Å²) >= 11 is 11.9. The number of ether oxygens (including phenoxy) is 1. The standard InChI is InChI=1S/C21H12Cl2N2O6/c22-13-6-14(23)8-16(7-13)30-15-3-1-11(2-4-15)12-5-17-19(24-9-12)20(28)25(10-18(26)27)21(29)31-17/h1-9H,10H2,(H,26,27). The first-order chi connectivity index (χ1) is 14.8. The van der Waals surface area contributed by atoms with Crippen LogP contribution in [0.25, 0.3) is 22.2 Å². The Kier molecular flexibility index (Phi) is 5.50. The molecule has 2 aromatic carbocycles. The first-order valence-corrected chi connectivity index (χ1v) is 9.55. The van der Waals surface area contributed by atoms with Gasteiger partial charge in [0.05, 0.1) is 0 Å². The first kappa shape index (κ1) is 20.6. The number of fused-ring (bicyclic) bond motifs is 1. The third-order valence-electron chi connectivity index (χ3n) is 4.27. The molecule has 0 bridgehead atoms. The van der Waals surface area contributed by atoms with E-state index < -0.39 is 23.8 Å². The molecule has 10 heteroatoms. The first-order valence-electron chi connectivity index (χ1n) is 8.80. The number of benzene rings is 2. The van der Waals surface area contributed by atoms with Gasteiger partial charge in [0.1, 0.15) is 18.0 Å². The number of nitrogens with zero attached hydrogens (tertiary/aromatic N) is 2. The number of carboxylic acids is 1. The zero-order valence-electron chi connectivity index (χ0n) is 15.5. The van der Waals surface area contributed by atoms with Crippen molar-refractivity contribution in [2.45, 2.75) is 6.54 Å². The lowest BCUT2D eigenvalue weighted by Gasteiger charge is -2.08. The molecule has 0 aliphatic heterocycles. The summed E-state index contributed by atoms with van der Waals surface area (Å²) in [6.45, 7) is -0.806. The highest BCUT2D eigenvalue weighted by Crippen LogP contribution is 2.30. The number of aromatic nitrogens is 2. The molecule has 0 amide bonds. The summed E-state index contributed by atoms with van der Waals surface area (Å²) in [5.41, 5.74) is 0.307. The molecule has 0 radical (unpaired) electrons. The maximum Gasteiger partial charge on any atom is 0.422 e. The molecule has 0 atom stereocenters. The lowest BCUT2D eigenvalue weighted by Crippen LogP contribution is -2.35. The van der Waals surface area contributed by atoms with Crippen molar-refractivity contribution in [2.75, 3.05) is 0 Å². The number of carboxylic acid groups (broad SMARTS) is 1. The van der Waals surface area contributed by atoms with Gasteiger partial charge in [0.2, 0.25) is 0 Å². The molecule has 0 aliphatic carbocycles. The van der Waals surface area contributed by atoms with Gasteiger partial charge in [0.15, 0.2) is 11.1 Å². The molecule has 0 aliphatic rings. The largest absolute Gasteiger partial charge is 0.480 e. The van der Waals surface area contributed by atoms with Gasteiger partial charge in [-0.05, 0) is 42.0 Å². The second-order valence-electron chi connectivity index (χ2n) is 6.46. The predicted molar refractivity (Wildman–Crippen MR) is 114 cm³/mol. The summed E-state index contributed by atoms with van der Waals surface area (Å²) in [4.78, 5) is 39.2. The summed E-state index contributed by atoms with van der Waals surface area (Å²) in [5, 5.41) is 9.74. The van der Waals surface area contributed by atoms with E-state index in [1.54, 1.807) is 42.5 Å². The highest BCUT2D eigenvalue weighted by atomic mass is 35.5. The number of hydrogen-bond acceptors (Lipinski definition) is 6. The summed E-state index contributed by atoms with van der Waals surface area (Å²) < 4.78 is 11.3. The van der Waals surface area contributed by atoms with E-state index in [2.05, 4.69) is 4.98 Å². The molecule has 2 aromatic heterocycles. The summed E-state index contributed by atoms with van der Waals surface area (Å²) in [7, 11) is 0. The van der Waals surface area contributed by atoms with E-state index in [-0.39, 0.29) is 11.1 Å². The average molecular weight is 459 g/mol. The number of carbonyl (C=O) groups is 1. The van der Waals surface area contributed by atoms with E-state index in [1.807, 2.05) is 0 Å². The van der Waals surface area contributed by atoms with Crippen molar-refractivity contribution in [2.24, 2.45) is 0 Å². The van der Waals surface area contributed by atoms with Crippen molar-refractivity contribution < 1.29 is 19.1 Å². The summed E-state index contributed by atoms with van der Waals surface area (Å²) in [6.07, 6.45) is 1.43. The van der Waals surface area contributed by atoms with Crippen LogP contribution in [-0.2, 0) is 11.3 Å². The van der Waals surface area contributed by atoms with Gasteiger partial charge in [0.25, 0.3) is 5.56 Å². The fraction of sp³-hybridized carbons (Fsp3) is 0.0476. The van der Waals surface area contributed by atoms with Crippen LogP contribution in [0.15, 0.2) is 68.7 Å². The highest BCUT2D eigenvalue weighted by Gasteiger charge is 2.14. The molecule has 8 nitrogen and oxygen atoms in total. The molecular formula is C21H12Cl2N2O6. The molecule has 156 valence electrons. The maximum absolute atomic E-state index is 12.3. The van der Waals surface area contributed by atoms with Crippen molar-refractivity contribution in [1.29, 1.82) is 0 Å². The Hall–Kier alpha value is -3.62. The minimum absolute atomic E-state index is 0.0389. The second-order valence-corrected chi connectivity index (χ2v) is 7.33. The summed E-state index contributed by atoms with van der Waals surface area (Å²) in [5.74, 6) is -1.38. The molecular weight excluding hydrogens is 447 g/mol. The summed E-state index contributed by atoms with van der Waals surface area (Å²) in [6, 6.07) is 13.3.